The molecule has 1 aliphatic carbocycles. The zero-order chi connectivity index (χ0) is 12.4. The lowest BCUT2D eigenvalue weighted by molar-refractivity contribution is 0.250. The lowest BCUT2D eigenvalue weighted by Gasteiger charge is -2.24. The Hall–Kier alpha value is -0.930. The van der Waals surface area contributed by atoms with E-state index < -0.39 is 0 Å². The largest absolute Gasteiger partial charge is 0.312 e. The fraction of sp³-hybridized carbons (Fsp3) is 0.667. The Bertz CT molecular complexity index is 400. The lowest BCUT2D eigenvalue weighted by atomic mass is 10.1. The Morgan fingerprint density at radius 3 is 3.11 bits per heavy atom. The summed E-state index contributed by atoms with van der Waals surface area (Å²) in [6, 6.07) is 2.90. The monoisotopic (exact) mass is 245 g/mol. The van der Waals surface area contributed by atoms with Crippen LogP contribution in [0.3, 0.4) is 0 Å². The van der Waals surface area contributed by atoms with Crippen molar-refractivity contribution in [1.82, 2.24) is 15.2 Å². The Labute approximate surface area is 110 Å². The van der Waals surface area contributed by atoms with Gasteiger partial charge in [-0.05, 0) is 62.4 Å². The van der Waals surface area contributed by atoms with Crippen molar-refractivity contribution in [2.45, 2.75) is 38.8 Å². The number of pyridine rings is 1. The zero-order valence-electron chi connectivity index (χ0n) is 11.2. The van der Waals surface area contributed by atoms with Crippen molar-refractivity contribution in [2.75, 3.05) is 19.6 Å². The van der Waals surface area contributed by atoms with Crippen LogP contribution in [-0.4, -0.2) is 35.6 Å². The van der Waals surface area contributed by atoms with E-state index in [1.807, 2.05) is 12.4 Å². The Morgan fingerprint density at radius 1 is 1.44 bits per heavy atom. The minimum atomic E-state index is 0.731. The molecule has 0 aromatic carbocycles. The van der Waals surface area contributed by atoms with Crippen LogP contribution in [-0.2, 0) is 6.54 Å². The van der Waals surface area contributed by atoms with E-state index in [1.165, 1.54) is 50.0 Å². The van der Waals surface area contributed by atoms with Crippen LogP contribution in [0.15, 0.2) is 18.5 Å². The average molecular weight is 245 g/mol. The molecule has 2 heterocycles. The molecule has 1 saturated carbocycles. The maximum Gasteiger partial charge on any atom is 0.0300 e. The summed E-state index contributed by atoms with van der Waals surface area (Å²) >= 11 is 0. The first-order valence-electron chi connectivity index (χ1n) is 7.18. The first kappa shape index (κ1) is 12.1. The third-order valence-electron chi connectivity index (χ3n) is 4.23. The Balaban J connectivity index is 1.65. The van der Waals surface area contributed by atoms with Crippen molar-refractivity contribution >= 4 is 0 Å². The summed E-state index contributed by atoms with van der Waals surface area (Å²) in [6.07, 6.45) is 8.02. The predicted octanol–water partition coefficient (Wildman–Crippen LogP) is 1.96. The molecule has 0 spiro atoms. The molecular formula is C15H23N3. The van der Waals surface area contributed by atoms with Gasteiger partial charge >= 0.3 is 0 Å². The van der Waals surface area contributed by atoms with E-state index in [4.69, 9.17) is 0 Å². The third-order valence-corrected chi connectivity index (χ3v) is 4.23. The quantitative estimate of drug-likeness (QED) is 0.882. The van der Waals surface area contributed by atoms with Gasteiger partial charge in [0.2, 0.25) is 0 Å². The first-order valence-corrected chi connectivity index (χ1v) is 7.18. The number of nitrogens with zero attached hydrogens (tertiary/aromatic N) is 2. The molecule has 98 valence electrons. The molecule has 1 atom stereocenters. The second-order valence-electron chi connectivity index (χ2n) is 5.79. The summed E-state index contributed by atoms with van der Waals surface area (Å²) in [6.45, 7) is 6.87. The maximum atomic E-state index is 4.18. The number of nitrogens with one attached hydrogen (secondary N) is 1. The van der Waals surface area contributed by atoms with Crippen LogP contribution in [0.25, 0.3) is 0 Å². The topological polar surface area (TPSA) is 28.2 Å². The van der Waals surface area contributed by atoms with Gasteiger partial charge in [0.25, 0.3) is 0 Å². The molecule has 1 aromatic rings. The third kappa shape index (κ3) is 2.90. The highest BCUT2D eigenvalue weighted by Gasteiger charge is 2.32. The molecule has 3 heteroatoms. The van der Waals surface area contributed by atoms with E-state index in [9.17, 15) is 0 Å². The van der Waals surface area contributed by atoms with Crippen molar-refractivity contribution in [3.8, 4) is 0 Å². The molecule has 3 nitrogen and oxygen atoms in total. The summed E-state index contributed by atoms with van der Waals surface area (Å²) in [4.78, 5) is 6.80. The number of rotatable bonds is 3. The maximum absolute atomic E-state index is 4.18. The van der Waals surface area contributed by atoms with Gasteiger partial charge in [-0.25, -0.2) is 0 Å². The Morgan fingerprint density at radius 2 is 2.33 bits per heavy atom. The average Bonchev–Trinajstić information content (AvgIpc) is 3.18. The van der Waals surface area contributed by atoms with Gasteiger partial charge < -0.3 is 5.32 Å². The van der Waals surface area contributed by atoms with Crippen LogP contribution >= 0.6 is 0 Å². The summed E-state index contributed by atoms with van der Waals surface area (Å²) < 4.78 is 0. The second-order valence-corrected chi connectivity index (χ2v) is 5.79. The molecule has 0 radical (unpaired) electrons. The molecule has 3 rings (SSSR count). The van der Waals surface area contributed by atoms with Crippen LogP contribution in [0.2, 0.25) is 0 Å². The molecule has 1 aliphatic heterocycles. The highest BCUT2D eigenvalue weighted by Crippen LogP contribution is 2.33. The highest BCUT2D eigenvalue weighted by atomic mass is 15.2. The molecule has 0 amide bonds. The summed E-state index contributed by atoms with van der Waals surface area (Å²) in [5.74, 6) is 0.948. The zero-order valence-corrected chi connectivity index (χ0v) is 11.2. The molecule has 1 aromatic heterocycles. The SMILES string of the molecule is Cc1cnccc1CN1CCCNC(C2CC2)C1. The standard InChI is InChI=1S/C15H23N3/c1-12-9-16-7-5-14(12)10-18-8-2-6-17-15(11-18)13-3-4-13/h5,7,9,13,15,17H,2-4,6,8,10-11H2,1H3. The van der Waals surface area contributed by atoms with Crippen LogP contribution < -0.4 is 5.32 Å². The van der Waals surface area contributed by atoms with E-state index in [0.29, 0.717) is 0 Å². The van der Waals surface area contributed by atoms with Crippen molar-refractivity contribution in [2.24, 2.45) is 5.92 Å². The highest BCUT2D eigenvalue weighted by molar-refractivity contribution is 5.21. The van der Waals surface area contributed by atoms with Crippen LogP contribution in [0.4, 0.5) is 0 Å². The van der Waals surface area contributed by atoms with Crippen LogP contribution in [0, 0.1) is 12.8 Å². The van der Waals surface area contributed by atoms with E-state index >= 15 is 0 Å². The minimum Gasteiger partial charge on any atom is -0.312 e. The molecule has 1 unspecified atom stereocenters. The van der Waals surface area contributed by atoms with E-state index in [-0.39, 0.29) is 0 Å². The van der Waals surface area contributed by atoms with Gasteiger partial charge in [-0.2, -0.15) is 0 Å². The van der Waals surface area contributed by atoms with Crippen molar-refractivity contribution in [1.29, 1.82) is 0 Å². The number of hydrogen-bond acceptors (Lipinski definition) is 3. The van der Waals surface area contributed by atoms with E-state index in [2.05, 4.69) is 28.2 Å². The number of aryl methyl sites for hydroxylation is 1. The lowest BCUT2D eigenvalue weighted by Crippen LogP contribution is -2.39. The number of aromatic nitrogens is 1. The van der Waals surface area contributed by atoms with Gasteiger partial charge in [-0.15, -0.1) is 0 Å². The Kier molecular flexibility index (Phi) is 3.62. The fourth-order valence-electron chi connectivity index (χ4n) is 2.90. The van der Waals surface area contributed by atoms with Gasteiger partial charge in [0.05, 0.1) is 0 Å². The van der Waals surface area contributed by atoms with Gasteiger partial charge in [0.15, 0.2) is 0 Å². The van der Waals surface area contributed by atoms with E-state index in [0.717, 1.165) is 18.5 Å². The summed E-state index contributed by atoms with van der Waals surface area (Å²) in [7, 11) is 0. The summed E-state index contributed by atoms with van der Waals surface area (Å²) in [5.41, 5.74) is 2.75. The van der Waals surface area contributed by atoms with Crippen molar-refractivity contribution in [3.63, 3.8) is 0 Å². The molecule has 2 aliphatic rings. The molecule has 18 heavy (non-hydrogen) atoms. The number of hydrogen-bond donors (Lipinski definition) is 1. The van der Waals surface area contributed by atoms with Gasteiger partial charge in [-0.3, -0.25) is 9.88 Å². The normalized spacial score (nSPS) is 25.9. The molecule has 1 N–H and O–H groups in total. The van der Waals surface area contributed by atoms with Gasteiger partial charge in [0.1, 0.15) is 0 Å². The molecule has 2 fully saturated rings. The smallest absolute Gasteiger partial charge is 0.0300 e. The minimum absolute atomic E-state index is 0.731. The van der Waals surface area contributed by atoms with Gasteiger partial charge in [-0.1, -0.05) is 0 Å². The van der Waals surface area contributed by atoms with E-state index in [1.54, 1.807) is 0 Å². The van der Waals surface area contributed by atoms with Crippen LogP contribution in [0.5, 0.6) is 0 Å². The van der Waals surface area contributed by atoms with Gasteiger partial charge in [0, 0.05) is 31.5 Å². The molecule has 1 saturated heterocycles. The second kappa shape index (κ2) is 5.37. The fourth-order valence-corrected chi connectivity index (χ4v) is 2.90. The molecule has 0 bridgehead atoms. The van der Waals surface area contributed by atoms with Crippen LogP contribution in [0.1, 0.15) is 30.4 Å². The molecular weight excluding hydrogens is 222 g/mol. The first-order chi connectivity index (χ1) is 8.83. The predicted molar refractivity (Wildman–Crippen MR) is 73.4 cm³/mol. The summed E-state index contributed by atoms with van der Waals surface area (Å²) in [5, 5.41) is 3.72. The van der Waals surface area contributed by atoms with Crippen molar-refractivity contribution in [3.05, 3.63) is 29.6 Å². The van der Waals surface area contributed by atoms with Crippen molar-refractivity contribution < 1.29 is 0 Å².